The number of nitro benzene ring substituents is 1. The summed E-state index contributed by atoms with van der Waals surface area (Å²) in [6.07, 6.45) is 1.35. The predicted molar refractivity (Wildman–Crippen MR) is 122 cm³/mol. The molecular formula is C24H19FN4O5. The molecule has 2 aromatic carbocycles. The van der Waals surface area contributed by atoms with Gasteiger partial charge in [0.2, 0.25) is 0 Å². The topological polar surface area (TPSA) is 115 Å². The summed E-state index contributed by atoms with van der Waals surface area (Å²) in [7, 11) is 0. The first-order chi connectivity index (χ1) is 16.1. The van der Waals surface area contributed by atoms with Crippen LogP contribution in [-0.2, 0) is 9.59 Å². The smallest absolute Gasteiger partial charge is 0.318 e. The van der Waals surface area contributed by atoms with Crippen molar-refractivity contribution in [1.29, 1.82) is 0 Å². The number of anilines is 1. The van der Waals surface area contributed by atoms with Gasteiger partial charge in [-0.2, -0.15) is 0 Å². The van der Waals surface area contributed by atoms with E-state index in [1.807, 2.05) is 0 Å². The number of hydrogen-bond donors (Lipinski definition) is 1. The Balaban J connectivity index is 1.78. The number of nitrogens with zero attached hydrogens (tertiary/aromatic N) is 3. The van der Waals surface area contributed by atoms with E-state index in [2.05, 4.69) is 5.32 Å². The molecule has 1 aromatic heterocycles. The maximum atomic E-state index is 13.7. The Hall–Kier alpha value is -4.60. The maximum absolute atomic E-state index is 13.7. The number of amides is 4. The third-order valence-corrected chi connectivity index (χ3v) is 5.59. The maximum Gasteiger partial charge on any atom is 0.335 e. The molecule has 0 aliphatic carbocycles. The molecule has 0 atom stereocenters. The highest BCUT2D eigenvalue weighted by atomic mass is 19.1. The van der Waals surface area contributed by atoms with Crippen molar-refractivity contribution in [3.05, 3.63) is 92.6 Å². The van der Waals surface area contributed by atoms with Gasteiger partial charge in [0.25, 0.3) is 17.5 Å². The fourth-order valence-corrected chi connectivity index (χ4v) is 3.93. The van der Waals surface area contributed by atoms with E-state index in [0.29, 0.717) is 33.1 Å². The zero-order chi connectivity index (χ0) is 24.7. The van der Waals surface area contributed by atoms with Gasteiger partial charge in [0.1, 0.15) is 11.4 Å². The molecule has 1 fully saturated rings. The second-order valence-corrected chi connectivity index (χ2v) is 7.83. The summed E-state index contributed by atoms with van der Waals surface area (Å²) in [5.74, 6) is -2.41. The molecule has 1 aliphatic rings. The van der Waals surface area contributed by atoms with Gasteiger partial charge in [0, 0.05) is 23.0 Å². The summed E-state index contributed by atoms with van der Waals surface area (Å²) in [6, 6.07) is 10.5. The number of carbonyl (C=O) groups excluding carboxylic acids is 3. The molecule has 0 unspecified atom stereocenters. The van der Waals surface area contributed by atoms with E-state index in [1.165, 1.54) is 30.3 Å². The van der Waals surface area contributed by atoms with E-state index in [9.17, 15) is 28.9 Å². The van der Waals surface area contributed by atoms with Crippen LogP contribution in [0.4, 0.5) is 20.6 Å². The van der Waals surface area contributed by atoms with Gasteiger partial charge in [-0.3, -0.25) is 25.0 Å². The molecule has 0 spiro atoms. The van der Waals surface area contributed by atoms with Gasteiger partial charge in [-0.25, -0.2) is 14.1 Å². The van der Waals surface area contributed by atoms with E-state index in [0.717, 1.165) is 6.07 Å². The summed E-state index contributed by atoms with van der Waals surface area (Å²) in [6.45, 7) is 5.17. The van der Waals surface area contributed by atoms with Crippen molar-refractivity contribution in [3.8, 4) is 5.69 Å². The van der Waals surface area contributed by atoms with Crippen LogP contribution in [0.3, 0.4) is 0 Å². The second kappa shape index (κ2) is 8.39. The van der Waals surface area contributed by atoms with Gasteiger partial charge in [-0.15, -0.1) is 0 Å². The molecule has 10 heteroatoms. The van der Waals surface area contributed by atoms with E-state index >= 15 is 0 Å². The lowest BCUT2D eigenvalue weighted by atomic mass is 10.1. The minimum atomic E-state index is -0.977. The fraction of sp³-hybridized carbons (Fsp3) is 0.125. The van der Waals surface area contributed by atoms with Crippen molar-refractivity contribution in [1.82, 2.24) is 9.88 Å². The zero-order valence-electron chi connectivity index (χ0n) is 18.5. The van der Waals surface area contributed by atoms with E-state index in [1.54, 1.807) is 43.5 Å². The molecule has 1 aliphatic heterocycles. The van der Waals surface area contributed by atoms with Crippen molar-refractivity contribution in [2.45, 2.75) is 20.8 Å². The average Bonchev–Trinajstić information content (AvgIpc) is 3.04. The van der Waals surface area contributed by atoms with Crippen LogP contribution in [0.5, 0.6) is 0 Å². The van der Waals surface area contributed by atoms with E-state index in [4.69, 9.17) is 0 Å². The molecule has 1 N–H and O–H groups in total. The predicted octanol–water partition coefficient (Wildman–Crippen LogP) is 4.12. The number of aromatic nitrogens is 1. The summed E-state index contributed by atoms with van der Waals surface area (Å²) < 4.78 is 15.4. The first-order valence-electron chi connectivity index (χ1n) is 10.2. The first-order valence-corrected chi connectivity index (χ1v) is 10.2. The Labute approximate surface area is 193 Å². The summed E-state index contributed by atoms with van der Waals surface area (Å²) in [5.41, 5.74) is 2.56. The van der Waals surface area contributed by atoms with Crippen LogP contribution in [0.2, 0.25) is 0 Å². The monoisotopic (exact) mass is 462 g/mol. The van der Waals surface area contributed by atoms with Gasteiger partial charge in [-0.05, 0) is 62.7 Å². The van der Waals surface area contributed by atoms with Gasteiger partial charge < -0.3 is 4.57 Å². The van der Waals surface area contributed by atoms with E-state index < -0.39 is 28.6 Å². The number of barbiturate groups is 1. The van der Waals surface area contributed by atoms with Crippen LogP contribution in [0, 0.1) is 36.7 Å². The van der Waals surface area contributed by atoms with Gasteiger partial charge in [0.15, 0.2) is 0 Å². The normalized spacial score (nSPS) is 15.1. The number of halogens is 1. The zero-order valence-corrected chi connectivity index (χ0v) is 18.5. The number of hydrogen-bond acceptors (Lipinski definition) is 5. The number of nitro groups is 1. The fourth-order valence-electron chi connectivity index (χ4n) is 3.93. The molecule has 172 valence electrons. The van der Waals surface area contributed by atoms with Crippen molar-refractivity contribution >= 4 is 35.3 Å². The summed E-state index contributed by atoms with van der Waals surface area (Å²) in [4.78, 5) is 49.5. The molecule has 3 aromatic rings. The minimum absolute atomic E-state index is 0.0154. The van der Waals surface area contributed by atoms with Crippen LogP contribution in [0.25, 0.3) is 11.8 Å². The number of aryl methyl sites for hydroxylation is 2. The van der Waals surface area contributed by atoms with Crippen LogP contribution in [0.1, 0.15) is 22.5 Å². The Morgan fingerprint density at radius 1 is 1.00 bits per heavy atom. The number of rotatable bonds is 4. The number of carbonyl (C=O) groups is 3. The highest BCUT2D eigenvalue weighted by Gasteiger charge is 2.37. The Kier molecular flexibility index (Phi) is 5.58. The second-order valence-electron chi connectivity index (χ2n) is 7.83. The van der Waals surface area contributed by atoms with Crippen LogP contribution >= 0.6 is 0 Å². The molecule has 1 saturated heterocycles. The third-order valence-electron chi connectivity index (χ3n) is 5.59. The molecule has 9 nitrogen and oxygen atoms in total. The molecule has 34 heavy (non-hydrogen) atoms. The first kappa shape index (κ1) is 22.6. The molecule has 0 radical (unpaired) electrons. The number of benzene rings is 2. The Bertz CT molecular complexity index is 1420. The SMILES string of the molecule is Cc1ccc(-n2c(C)cc(/C=C3\C(=O)NC(=O)N(c4cccc(F)c4)C3=O)c2C)cc1[N+](=O)[O-]. The average molecular weight is 462 g/mol. The van der Waals surface area contributed by atoms with Crippen molar-refractivity contribution < 1.29 is 23.7 Å². The van der Waals surface area contributed by atoms with E-state index in [-0.39, 0.29) is 16.9 Å². The largest absolute Gasteiger partial charge is 0.335 e. The van der Waals surface area contributed by atoms with Crippen LogP contribution < -0.4 is 10.2 Å². The summed E-state index contributed by atoms with van der Waals surface area (Å²) >= 11 is 0. The minimum Gasteiger partial charge on any atom is -0.318 e. The molecule has 4 amide bonds. The molecular weight excluding hydrogens is 443 g/mol. The number of nitrogens with one attached hydrogen (secondary N) is 1. The number of urea groups is 1. The van der Waals surface area contributed by atoms with Gasteiger partial charge in [0.05, 0.1) is 16.3 Å². The Morgan fingerprint density at radius 3 is 2.41 bits per heavy atom. The van der Waals surface area contributed by atoms with Gasteiger partial charge in [-0.1, -0.05) is 12.1 Å². The van der Waals surface area contributed by atoms with Gasteiger partial charge >= 0.3 is 6.03 Å². The van der Waals surface area contributed by atoms with Crippen molar-refractivity contribution in [3.63, 3.8) is 0 Å². The molecule has 2 heterocycles. The lowest BCUT2D eigenvalue weighted by molar-refractivity contribution is -0.385. The molecule has 4 rings (SSSR count). The van der Waals surface area contributed by atoms with Crippen LogP contribution in [0.15, 0.2) is 54.1 Å². The highest BCUT2D eigenvalue weighted by Crippen LogP contribution is 2.28. The highest BCUT2D eigenvalue weighted by molar-refractivity contribution is 6.39. The lowest BCUT2D eigenvalue weighted by Crippen LogP contribution is -2.54. The van der Waals surface area contributed by atoms with Crippen molar-refractivity contribution in [2.24, 2.45) is 0 Å². The van der Waals surface area contributed by atoms with Crippen molar-refractivity contribution in [2.75, 3.05) is 4.90 Å². The van der Waals surface area contributed by atoms with Crippen LogP contribution in [-0.4, -0.2) is 27.3 Å². The number of imide groups is 2. The quantitative estimate of drug-likeness (QED) is 0.271. The molecule has 0 saturated carbocycles. The summed E-state index contributed by atoms with van der Waals surface area (Å²) in [5, 5.41) is 13.5. The Morgan fingerprint density at radius 2 is 1.74 bits per heavy atom. The lowest BCUT2D eigenvalue weighted by Gasteiger charge is -2.26. The standard InChI is InChI=1S/C24H19FN4O5/c1-13-7-8-19(12-21(13)29(33)34)27-14(2)9-16(15(27)3)10-20-22(30)26-24(32)28(23(20)31)18-6-4-5-17(25)11-18/h4-12H,1-3H3,(H,26,30,32)/b20-10+. The third kappa shape index (κ3) is 3.85. The molecule has 0 bridgehead atoms.